The Labute approximate surface area is 222 Å². The van der Waals surface area contributed by atoms with Crippen LogP contribution in [0.4, 0.5) is 10.6 Å². The van der Waals surface area contributed by atoms with Crippen molar-refractivity contribution in [3.05, 3.63) is 77.7 Å². The molecule has 1 aromatic heterocycles. The lowest BCUT2D eigenvalue weighted by Crippen LogP contribution is -2.56. The van der Waals surface area contributed by atoms with E-state index in [0.717, 1.165) is 22.5 Å². The molecule has 1 atom stereocenters. The molecule has 2 heterocycles. The van der Waals surface area contributed by atoms with Gasteiger partial charge < -0.3 is 19.9 Å². The van der Waals surface area contributed by atoms with E-state index in [0.29, 0.717) is 37.6 Å². The molecule has 0 spiro atoms. The fourth-order valence-corrected chi connectivity index (χ4v) is 4.39. The minimum atomic E-state index is -0.762. The molecule has 4 rings (SSSR count). The summed E-state index contributed by atoms with van der Waals surface area (Å²) in [5.74, 6) is 0.698. The number of benzene rings is 2. The lowest BCUT2D eigenvalue weighted by Gasteiger charge is -2.37. The number of nitrogens with one attached hydrogen (secondary N) is 1. The molecule has 0 radical (unpaired) electrons. The molecule has 1 saturated heterocycles. The van der Waals surface area contributed by atoms with Gasteiger partial charge in [0.05, 0.1) is 0 Å². The molecule has 1 fully saturated rings. The van der Waals surface area contributed by atoms with E-state index >= 15 is 0 Å². The van der Waals surface area contributed by atoms with E-state index < -0.39 is 17.7 Å². The van der Waals surface area contributed by atoms with Crippen molar-refractivity contribution in [2.45, 2.75) is 38.8 Å². The third-order valence-corrected chi connectivity index (χ3v) is 6.26. The lowest BCUT2D eigenvalue weighted by atomic mass is 10.0. The van der Waals surface area contributed by atoms with E-state index in [4.69, 9.17) is 16.3 Å². The molecular weight excluding hydrogens is 490 g/mol. The molecule has 2 aromatic carbocycles. The fourth-order valence-electron chi connectivity index (χ4n) is 4.26. The highest BCUT2D eigenvalue weighted by atomic mass is 35.5. The van der Waals surface area contributed by atoms with Gasteiger partial charge in [0.2, 0.25) is 5.91 Å². The fraction of sp³-hybridized carbons (Fsp3) is 0.357. The zero-order valence-corrected chi connectivity index (χ0v) is 22.1. The van der Waals surface area contributed by atoms with Crippen molar-refractivity contribution in [2.75, 3.05) is 31.1 Å². The zero-order valence-electron chi connectivity index (χ0n) is 21.4. The minimum absolute atomic E-state index is 0.147. The highest BCUT2D eigenvalue weighted by molar-refractivity contribution is 6.30. The Kier molecular flexibility index (Phi) is 8.28. The van der Waals surface area contributed by atoms with Crippen molar-refractivity contribution in [1.29, 1.82) is 0 Å². The van der Waals surface area contributed by atoms with Crippen LogP contribution >= 0.6 is 11.6 Å². The van der Waals surface area contributed by atoms with Gasteiger partial charge in [-0.3, -0.25) is 4.79 Å². The van der Waals surface area contributed by atoms with E-state index in [1.165, 1.54) is 0 Å². The highest BCUT2D eigenvalue weighted by Crippen LogP contribution is 2.28. The molecule has 1 aliphatic rings. The molecule has 0 aliphatic carbocycles. The normalized spacial score (nSPS) is 14.7. The van der Waals surface area contributed by atoms with Crippen molar-refractivity contribution in [3.8, 4) is 11.1 Å². The van der Waals surface area contributed by atoms with Crippen LogP contribution in [0, 0.1) is 0 Å². The van der Waals surface area contributed by atoms with Crippen molar-refractivity contribution in [2.24, 2.45) is 0 Å². The number of nitrogens with zero attached hydrogens (tertiary/aromatic N) is 4. The third-order valence-electron chi connectivity index (χ3n) is 6.01. The van der Waals surface area contributed by atoms with Crippen molar-refractivity contribution in [1.82, 2.24) is 20.2 Å². The second-order valence-electron chi connectivity index (χ2n) is 9.97. The van der Waals surface area contributed by atoms with E-state index in [-0.39, 0.29) is 5.91 Å². The second-order valence-corrected chi connectivity index (χ2v) is 10.4. The van der Waals surface area contributed by atoms with Gasteiger partial charge in [0.15, 0.2) is 0 Å². The summed E-state index contributed by atoms with van der Waals surface area (Å²) < 4.78 is 5.43. The number of ether oxygens (including phenoxy) is 1. The van der Waals surface area contributed by atoms with Gasteiger partial charge in [0, 0.05) is 49.4 Å². The van der Waals surface area contributed by atoms with Crippen LogP contribution in [0.3, 0.4) is 0 Å². The molecule has 0 saturated carbocycles. The topological polar surface area (TPSA) is 87.7 Å². The lowest BCUT2D eigenvalue weighted by molar-refractivity contribution is -0.133. The number of carbonyl (C=O) groups excluding carboxylic acids is 2. The van der Waals surface area contributed by atoms with Crippen molar-refractivity contribution < 1.29 is 14.3 Å². The molecule has 3 aromatic rings. The van der Waals surface area contributed by atoms with Gasteiger partial charge in [-0.05, 0) is 44.0 Å². The first kappa shape index (κ1) is 26.4. The van der Waals surface area contributed by atoms with E-state index in [1.807, 2.05) is 48.7 Å². The van der Waals surface area contributed by atoms with Gasteiger partial charge in [-0.1, -0.05) is 54.1 Å². The molecular formula is C28H32ClN5O3. The van der Waals surface area contributed by atoms with Gasteiger partial charge in [-0.25, -0.2) is 14.8 Å². The largest absolute Gasteiger partial charge is 0.444 e. The third kappa shape index (κ3) is 7.20. The number of piperazine rings is 1. The van der Waals surface area contributed by atoms with Crippen LogP contribution < -0.4 is 10.2 Å². The maximum absolute atomic E-state index is 13.6. The molecule has 1 aliphatic heterocycles. The average Bonchev–Trinajstić information content (AvgIpc) is 2.89. The highest BCUT2D eigenvalue weighted by Gasteiger charge is 2.31. The van der Waals surface area contributed by atoms with Gasteiger partial charge >= 0.3 is 6.09 Å². The number of halogens is 1. The Bertz CT molecular complexity index is 1210. The summed E-state index contributed by atoms with van der Waals surface area (Å²) in [5.41, 5.74) is 2.22. The number of aromatic nitrogens is 2. The van der Waals surface area contributed by atoms with Crippen molar-refractivity contribution >= 4 is 29.4 Å². The Hall–Kier alpha value is -3.65. The minimum Gasteiger partial charge on any atom is -0.444 e. The number of anilines is 1. The Balaban J connectivity index is 1.46. The predicted octanol–water partition coefficient (Wildman–Crippen LogP) is 4.58. The van der Waals surface area contributed by atoms with Crippen molar-refractivity contribution in [3.63, 3.8) is 0 Å². The smallest absolute Gasteiger partial charge is 0.408 e. The summed E-state index contributed by atoms with van der Waals surface area (Å²) in [6, 6.07) is 16.5. The van der Waals surface area contributed by atoms with Crippen LogP contribution in [0.15, 0.2) is 67.1 Å². The Morgan fingerprint density at radius 3 is 2.35 bits per heavy atom. The van der Waals surface area contributed by atoms with Gasteiger partial charge in [-0.15, -0.1) is 0 Å². The standard InChI is InChI=1S/C28H32ClN5O3/c1-28(2,3)37-27(36)32-24(17-20-9-11-22(29)12-10-20)26(35)34-15-13-33(14-16-34)25-23(18-30-19-31-25)21-7-5-4-6-8-21/h4-12,18-19,24H,13-17H2,1-3H3,(H,32,36). The quantitative estimate of drug-likeness (QED) is 0.511. The maximum atomic E-state index is 13.6. The van der Waals surface area contributed by atoms with Crippen LogP contribution in [0.1, 0.15) is 26.3 Å². The zero-order chi connectivity index (χ0) is 26.4. The molecule has 1 unspecified atom stereocenters. The first-order chi connectivity index (χ1) is 17.7. The number of hydrogen-bond donors (Lipinski definition) is 1. The maximum Gasteiger partial charge on any atom is 0.408 e. The molecule has 2 amide bonds. The molecule has 8 nitrogen and oxygen atoms in total. The van der Waals surface area contributed by atoms with E-state index in [9.17, 15) is 9.59 Å². The van der Waals surface area contributed by atoms with Crippen LogP contribution in [0.25, 0.3) is 11.1 Å². The molecule has 1 N–H and O–H groups in total. The number of amides is 2. The molecule has 37 heavy (non-hydrogen) atoms. The first-order valence-electron chi connectivity index (χ1n) is 12.3. The summed E-state index contributed by atoms with van der Waals surface area (Å²) >= 11 is 6.03. The number of hydrogen-bond acceptors (Lipinski definition) is 6. The number of rotatable bonds is 6. The predicted molar refractivity (Wildman–Crippen MR) is 145 cm³/mol. The first-order valence-corrected chi connectivity index (χ1v) is 12.7. The molecule has 9 heteroatoms. The van der Waals surface area contributed by atoms with Gasteiger partial charge in [-0.2, -0.15) is 0 Å². The summed E-state index contributed by atoms with van der Waals surface area (Å²) in [7, 11) is 0. The monoisotopic (exact) mass is 521 g/mol. The average molecular weight is 522 g/mol. The number of alkyl carbamates (subject to hydrolysis) is 1. The van der Waals surface area contributed by atoms with Gasteiger partial charge in [0.1, 0.15) is 23.8 Å². The van der Waals surface area contributed by atoms with Crippen LogP contribution in [0.5, 0.6) is 0 Å². The van der Waals surface area contributed by atoms with Crippen LogP contribution in [-0.2, 0) is 16.0 Å². The summed E-state index contributed by atoms with van der Waals surface area (Å²) in [5, 5.41) is 3.40. The van der Waals surface area contributed by atoms with Crippen LogP contribution in [0.2, 0.25) is 5.02 Å². The SMILES string of the molecule is CC(C)(C)OC(=O)NC(Cc1ccc(Cl)cc1)C(=O)N1CCN(c2ncncc2-c2ccccc2)CC1. The van der Waals surface area contributed by atoms with E-state index in [2.05, 4.69) is 20.2 Å². The second kappa shape index (κ2) is 11.6. The summed E-state index contributed by atoms with van der Waals surface area (Å²) in [6.45, 7) is 7.61. The summed E-state index contributed by atoms with van der Waals surface area (Å²) in [6.07, 6.45) is 3.08. The van der Waals surface area contributed by atoms with Crippen LogP contribution in [-0.4, -0.2) is 64.7 Å². The van der Waals surface area contributed by atoms with E-state index in [1.54, 1.807) is 44.1 Å². The Morgan fingerprint density at radius 2 is 1.70 bits per heavy atom. The summed E-state index contributed by atoms with van der Waals surface area (Å²) in [4.78, 5) is 38.9. The Morgan fingerprint density at radius 1 is 1.03 bits per heavy atom. The van der Waals surface area contributed by atoms with Gasteiger partial charge in [0.25, 0.3) is 0 Å². The molecule has 0 bridgehead atoms. The molecule has 194 valence electrons. The number of carbonyl (C=O) groups is 2.